The van der Waals surface area contributed by atoms with Gasteiger partial charge in [0.2, 0.25) is 0 Å². The Morgan fingerprint density at radius 3 is 3.15 bits per heavy atom. The van der Waals surface area contributed by atoms with Crippen molar-refractivity contribution in [3.63, 3.8) is 0 Å². The molecule has 4 nitrogen and oxygen atoms in total. The number of nitrogens with one attached hydrogen (secondary N) is 1. The lowest BCUT2D eigenvalue weighted by atomic mass is 9.98. The minimum absolute atomic E-state index is 0.150. The number of likely N-dealkylation sites (N-methyl/N-ethyl adjacent to an activating group) is 1. The van der Waals surface area contributed by atoms with E-state index < -0.39 is 5.54 Å². The zero-order valence-corrected chi connectivity index (χ0v) is 14.1. The van der Waals surface area contributed by atoms with Crippen LogP contribution in [0.3, 0.4) is 0 Å². The third kappa shape index (κ3) is 3.35. The number of carbonyl (C=O) groups is 1. The largest absolute Gasteiger partial charge is 0.468 e. The van der Waals surface area contributed by atoms with E-state index in [9.17, 15) is 4.79 Å². The number of carbonyl (C=O) groups excluding carboxylic acids is 1. The summed E-state index contributed by atoms with van der Waals surface area (Å²) in [5.41, 5.74) is -0.525. The molecular weight excluding hydrogens is 340 g/mol. The molecule has 1 aliphatic rings. The predicted octanol–water partition coefficient (Wildman–Crippen LogP) is 3.01. The van der Waals surface area contributed by atoms with Gasteiger partial charge in [-0.05, 0) is 53.9 Å². The van der Waals surface area contributed by atoms with Crippen LogP contribution in [0.25, 0.3) is 0 Å². The number of methoxy groups -OCH3 is 1. The van der Waals surface area contributed by atoms with Gasteiger partial charge in [-0.15, -0.1) is 11.8 Å². The van der Waals surface area contributed by atoms with E-state index in [2.05, 4.69) is 26.2 Å². The number of hydrogen-bond donors (Lipinski definition) is 1. The molecule has 1 aromatic rings. The van der Waals surface area contributed by atoms with Crippen molar-refractivity contribution in [2.24, 2.45) is 0 Å². The molecule has 110 valence electrons. The van der Waals surface area contributed by atoms with Gasteiger partial charge in [-0.1, -0.05) is 6.92 Å². The molecule has 0 bridgehead atoms. The normalized spacial score (nSPS) is 25.6. The predicted molar refractivity (Wildman–Crippen MR) is 83.9 cm³/mol. The zero-order chi connectivity index (χ0) is 14.6. The molecule has 0 radical (unpaired) electrons. The molecule has 0 spiro atoms. The second kappa shape index (κ2) is 6.91. The number of pyridine rings is 1. The lowest BCUT2D eigenvalue weighted by molar-refractivity contribution is -0.148. The summed E-state index contributed by atoms with van der Waals surface area (Å²) in [5, 5.41) is 4.67. The van der Waals surface area contributed by atoms with Crippen molar-refractivity contribution < 1.29 is 9.53 Å². The Morgan fingerprint density at radius 1 is 1.70 bits per heavy atom. The van der Waals surface area contributed by atoms with Gasteiger partial charge >= 0.3 is 5.97 Å². The van der Waals surface area contributed by atoms with E-state index in [1.54, 1.807) is 18.0 Å². The van der Waals surface area contributed by atoms with E-state index in [0.717, 1.165) is 35.3 Å². The van der Waals surface area contributed by atoms with Crippen molar-refractivity contribution in [1.29, 1.82) is 0 Å². The van der Waals surface area contributed by atoms with Gasteiger partial charge in [0.1, 0.15) is 10.6 Å². The van der Waals surface area contributed by atoms with Gasteiger partial charge in [-0.2, -0.15) is 0 Å². The van der Waals surface area contributed by atoms with Gasteiger partial charge in [-0.3, -0.25) is 4.79 Å². The topological polar surface area (TPSA) is 51.2 Å². The van der Waals surface area contributed by atoms with Crippen molar-refractivity contribution in [1.82, 2.24) is 10.3 Å². The monoisotopic (exact) mass is 358 g/mol. The quantitative estimate of drug-likeness (QED) is 0.819. The number of rotatable bonds is 5. The van der Waals surface area contributed by atoms with E-state index >= 15 is 0 Å². The highest BCUT2D eigenvalue weighted by atomic mass is 79.9. The summed E-state index contributed by atoms with van der Waals surface area (Å²) in [6.45, 7) is 2.78. The highest BCUT2D eigenvalue weighted by Crippen LogP contribution is 2.41. The minimum atomic E-state index is -0.525. The van der Waals surface area contributed by atoms with Crippen molar-refractivity contribution >= 4 is 33.7 Å². The molecule has 0 aliphatic heterocycles. The van der Waals surface area contributed by atoms with Crippen molar-refractivity contribution in [2.45, 2.75) is 42.0 Å². The van der Waals surface area contributed by atoms with Gasteiger partial charge in [-0.25, -0.2) is 4.98 Å². The fourth-order valence-corrected chi connectivity index (χ4v) is 4.43. The van der Waals surface area contributed by atoms with Crippen LogP contribution in [0.2, 0.25) is 0 Å². The van der Waals surface area contributed by atoms with Crippen molar-refractivity contribution in [2.75, 3.05) is 13.7 Å². The van der Waals surface area contributed by atoms with Crippen LogP contribution < -0.4 is 5.32 Å². The first-order valence-corrected chi connectivity index (χ1v) is 8.39. The molecule has 0 saturated heterocycles. The van der Waals surface area contributed by atoms with E-state index in [-0.39, 0.29) is 5.97 Å². The first-order valence-electron chi connectivity index (χ1n) is 6.72. The van der Waals surface area contributed by atoms with Crippen LogP contribution in [-0.4, -0.2) is 35.4 Å². The van der Waals surface area contributed by atoms with Gasteiger partial charge in [0.15, 0.2) is 0 Å². The standard InChI is InChI=1S/C14H19BrN2O2S/c1-3-17-14(13(18)19-2)7-6-10(9-14)20-12-11(15)5-4-8-16-12/h4-5,8,10,17H,3,6-7,9H2,1-2H3. The highest BCUT2D eigenvalue weighted by molar-refractivity contribution is 9.10. The Kier molecular flexibility index (Phi) is 5.46. The maximum absolute atomic E-state index is 12.1. The van der Waals surface area contributed by atoms with Crippen LogP contribution in [0.4, 0.5) is 0 Å². The molecule has 6 heteroatoms. The Morgan fingerprint density at radius 2 is 2.50 bits per heavy atom. The number of hydrogen-bond acceptors (Lipinski definition) is 5. The van der Waals surface area contributed by atoms with E-state index in [4.69, 9.17) is 4.74 Å². The molecule has 1 fully saturated rings. The molecule has 1 heterocycles. The Bertz CT molecular complexity index is 486. The smallest absolute Gasteiger partial charge is 0.326 e. The fraction of sp³-hybridized carbons (Fsp3) is 0.571. The van der Waals surface area contributed by atoms with Crippen LogP contribution in [-0.2, 0) is 9.53 Å². The lowest BCUT2D eigenvalue weighted by Gasteiger charge is -2.27. The van der Waals surface area contributed by atoms with Gasteiger partial charge < -0.3 is 10.1 Å². The maximum atomic E-state index is 12.1. The van der Waals surface area contributed by atoms with E-state index in [1.165, 1.54) is 7.11 Å². The molecule has 1 N–H and O–H groups in total. The average molecular weight is 359 g/mol. The Hall–Kier alpha value is -0.590. The second-order valence-electron chi connectivity index (χ2n) is 4.88. The van der Waals surface area contributed by atoms with Crippen LogP contribution in [0.15, 0.2) is 27.8 Å². The SMILES string of the molecule is CCNC1(C(=O)OC)CCC(Sc2ncccc2Br)C1. The molecule has 2 atom stereocenters. The number of ether oxygens (including phenoxy) is 1. The minimum Gasteiger partial charge on any atom is -0.468 e. The number of esters is 1. The number of aromatic nitrogens is 1. The summed E-state index contributed by atoms with van der Waals surface area (Å²) in [6.07, 6.45) is 4.37. The molecule has 2 rings (SSSR count). The molecule has 2 unspecified atom stereocenters. The maximum Gasteiger partial charge on any atom is 0.326 e. The van der Waals surface area contributed by atoms with Crippen LogP contribution in [0.5, 0.6) is 0 Å². The number of halogens is 1. The molecule has 1 aromatic heterocycles. The molecule has 1 aliphatic carbocycles. The summed E-state index contributed by atoms with van der Waals surface area (Å²) in [5.74, 6) is -0.150. The van der Waals surface area contributed by atoms with Crippen LogP contribution >= 0.6 is 27.7 Å². The Labute approximate surface area is 132 Å². The second-order valence-corrected chi connectivity index (χ2v) is 7.02. The molecule has 1 saturated carbocycles. The van der Waals surface area contributed by atoms with Gasteiger partial charge in [0, 0.05) is 15.9 Å². The molecule has 20 heavy (non-hydrogen) atoms. The summed E-state index contributed by atoms with van der Waals surface area (Å²) < 4.78 is 5.98. The van der Waals surface area contributed by atoms with Crippen molar-refractivity contribution in [3.8, 4) is 0 Å². The number of nitrogens with zero attached hydrogens (tertiary/aromatic N) is 1. The van der Waals surface area contributed by atoms with Crippen LogP contribution in [0.1, 0.15) is 26.2 Å². The van der Waals surface area contributed by atoms with Crippen molar-refractivity contribution in [3.05, 3.63) is 22.8 Å². The lowest BCUT2D eigenvalue weighted by Crippen LogP contribution is -2.50. The average Bonchev–Trinajstić information content (AvgIpc) is 2.85. The third-order valence-corrected chi connectivity index (χ3v) is 5.75. The van der Waals surface area contributed by atoms with Crippen LogP contribution in [0, 0.1) is 0 Å². The molecular formula is C14H19BrN2O2S. The Balaban J connectivity index is 2.07. The van der Waals surface area contributed by atoms with Gasteiger partial charge in [0.05, 0.1) is 7.11 Å². The number of thioether (sulfide) groups is 1. The van der Waals surface area contributed by atoms with E-state index in [1.807, 2.05) is 19.1 Å². The zero-order valence-electron chi connectivity index (χ0n) is 11.7. The van der Waals surface area contributed by atoms with E-state index in [0.29, 0.717) is 5.25 Å². The molecule has 0 aromatic carbocycles. The summed E-state index contributed by atoms with van der Waals surface area (Å²) >= 11 is 5.24. The first-order chi connectivity index (χ1) is 9.61. The fourth-order valence-electron chi connectivity index (χ4n) is 2.67. The first kappa shape index (κ1) is 15.8. The van der Waals surface area contributed by atoms with Gasteiger partial charge in [0.25, 0.3) is 0 Å². The summed E-state index contributed by atoms with van der Waals surface area (Å²) in [7, 11) is 1.46. The molecule has 0 amide bonds. The summed E-state index contributed by atoms with van der Waals surface area (Å²) in [6, 6.07) is 3.89. The third-order valence-electron chi connectivity index (χ3n) is 3.56. The highest BCUT2D eigenvalue weighted by Gasteiger charge is 2.46. The summed E-state index contributed by atoms with van der Waals surface area (Å²) in [4.78, 5) is 16.5.